The molecule has 1 aliphatic rings. The quantitative estimate of drug-likeness (QED) is 0.828. The van der Waals surface area contributed by atoms with Crippen molar-refractivity contribution in [2.24, 2.45) is 0 Å². The first-order valence-electron chi connectivity index (χ1n) is 6.70. The van der Waals surface area contributed by atoms with Crippen molar-refractivity contribution in [2.75, 3.05) is 7.11 Å². The number of hydrogen-bond acceptors (Lipinski definition) is 2. The van der Waals surface area contributed by atoms with Gasteiger partial charge in [0.2, 0.25) is 0 Å². The molecule has 0 heterocycles. The maximum Gasteiger partial charge on any atom is 0.122 e. The average molecular weight is 246 g/mol. The van der Waals surface area contributed by atoms with E-state index in [0.29, 0.717) is 0 Å². The molecule has 1 atom stereocenters. The van der Waals surface area contributed by atoms with Crippen molar-refractivity contribution in [2.45, 2.75) is 45.1 Å². The van der Waals surface area contributed by atoms with Crippen LogP contribution in [0.2, 0.25) is 0 Å². The molecule has 1 aliphatic carbocycles. The molecule has 1 aromatic carbocycles. The van der Waals surface area contributed by atoms with Gasteiger partial charge in [-0.25, -0.2) is 0 Å². The van der Waals surface area contributed by atoms with Crippen LogP contribution in [-0.2, 0) is 6.42 Å². The zero-order valence-electron chi connectivity index (χ0n) is 11.3. The van der Waals surface area contributed by atoms with E-state index in [0.717, 1.165) is 31.4 Å². The zero-order valence-corrected chi connectivity index (χ0v) is 11.3. The number of allylic oxidation sites excluding steroid dienone is 1. The van der Waals surface area contributed by atoms with E-state index in [1.54, 1.807) is 7.11 Å². The van der Waals surface area contributed by atoms with Gasteiger partial charge >= 0.3 is 0 Å². The van der Waals surface area contributed by atoms with Gasteiger partial charge in [0.1, 0.15) is 5.75 Å². The van der Waals surface area contributed by atoms with E-state index in [9.17, 15) is 5.11 Å². The van der Waals surface area contributed by atoms with Crippen molar-refractivity contribution in [3.8, 4) is 5.75 Å². The fraction of sp³-hybridized carbons (Fsp3) is 0.500. The Hall–Kier alpha value is -1.28. The SMILES string of the molecule is COc1ccc(C)cc1CC1=CC(O)CCCC1. The van der Waals surface area contributed by atoms with Gasteiger partial charge in [-0.15, -0.1) is 0 Å². The molecule has 2 nitrogen and oxygen atoms in total. The molecule has 98 valence electrons. The molecule has 18 heavy (non-hydrogen) atoms. The minimum absolute atomic E-state index is 0.265. The number of aliphatic hydroxyl groups is 1. The fourth-order valence-electron chi connectivity index (χ4n) is 2.58. The Bertz CT molecular complexity index is 435. The molecule has 0 fully saturated rings. The van der Waals surface area contributed by atoms with Gasteiger partial charge in [-0.1, -0.05) is 35.8 Å². The number of benzene rings is 1. The Morgan fingerprint density at radius 1 is 1.33 bits per heavy atom. The number of aryl methyl sites for hydroxylation is 1. The van der Waals surface area contributed by atoms with Crippen molar-refractivity contribution in [1.29, 1.82) is 0 Å². The summed E-state index contributed by atoms with van der Waals surface area (Å²) in [5, 5.41) is 9.81. The van der Waals surface area contributed by atoms with Crippen LogP contribution in [0, 0.1) is 6.92 Å². The third-order valence-electron chi connectivity index (χ3n) is 3.53. The highest BCUT2D eigenvalue weighted by Gasteiger charge is 2.12. The van der Waals surface area contributed by atoms with Gasteiger partial charge in [0.25, 0.3) is 0 Å². The molecule has 0 saturated carbocycles. The highest BCUT2D eigenvalue weighted by atomic mass is 16.5. The third-order valence-corrected chi connectivity index (χ3v) is 3.53. The molecule has 0 aromatic heterocycles. The number of ether oxygens (including phenoxy) is 1. The molecule has 1 unspecified atom stereocenters. The summed E-state index contributed by atoms with van der Waals surface area (Å²) < 4.78 is 5.41. The first kappa shape index (κ1) is 13.2. The Labute approximate surface area is 109 Å². The molecular formula is C16H22O2. The van der Waals surface area contributed by atoms with Crippen LogP contribution >= 0.6 is 0 Å². The summed E-state index contributed by atoms with van der Waals surface area (Å²) in [5.41, 5.74) is 3.81. The van der Waals surface area contributed by atoms with Crippen LogP contribution in [-0.4, -0.2) is 18.3 Å². The molecule has 0 amide bonds. The standard InChI is InChI=1S/C16H22O2/c1-12-7-8-16(18-2)14(9-12)10-13-5-3-4-6-15(17)11-13/h7-9,11,15,17H,3-6,10H2,1-2H3. The number of methoxy groups -OCH3 is 1. The predicted octanol–water partition coefficient (Wildman–Crippen LogP) is 3.41. The summed E-state index contributed by atoms with van der Waals surface area (Å²) in [6.07, 6.45) is 6.95. The Kier molecular flexibility index (Phi) is 4.43. The lowest BCUT2D eigenvalue weighted by Gasteiger charge is -2.12. The normalized spacial score (nSPS) is 20.2. The largest absolute Gasteiger partial charge is 0.496 e. The molecule has 1 aromatic rings. The summed E-state index contributed by atoms with van der Waals surface area (Å²) in [6.45, 7) is 2.10. The van der Waals surface area contributed by atoms with Crippen LogP contribution in [0.4, 0.5) is 0 Å². The summed E-state index contributed by atoms with van der Waals surface area (Å²) in [4.78, 5) is 0. The number of hydrogen-bond donors (Lipinski definition) is 1. The van der Waals surface area contributed by atoms with E-state index in [2.05, 4.69) is 19.1 Å². The first-order valence-corrected chi connectivity index (χ1v) is 6.70. The molecule has 2 rings (SSSR count). The molecule has 1 N–H and O–H groups in total. The van der Waals surface area contributed by atoms with Gasteiger partial charge in [0.05, 0.1) is 13.2 Å². The molecule has 0 saturated heterocycles. The topological polar surface area (TPSA) is 29.5 Å². The second-order valence-corrected chi connectivity index (χ2v) is 5.13. The molecule has 2 heteroatoms. The highest BCUT2D eigenvalue weighted by Crippen LogP contribution is 2.26. The van der Waals surface area contributed by atoms with Crippen LogP contribution in [0.25, 0.3) is 0 Å². The molecule has 0 aliphatic heterocycles. The maximum atomic E-state index is 9.81. The van der Waals surface area contributed by atoms with Crippen LogP contribution in [0.5, 0.6) is 5.75 Å². The monoisotopic (exact) mass is 246 g/mol. The Balaban J connectivity index is 2.19. The lowest BCUT2D eigenvalue weighted by molar-refractivity contribution is 0.211. The van der Waals surface area contributed by atoms with Crippen LogP contribution in [0.15, 0.2) is 29.8 Å². The summed E-state index contributed by atoms with van der Waals surface area (Å²) in [7, 11) is 1.71. The van der Waals surface area contributed by atoms with Crippen molar-refractivity contribution < 1.29 is 9.84 Å². The fourth-order valence-corrected chi connectivity index (χ4v) is 2.58. The maximum absolute atomic E-state index is 9.81. The summed E-state index contributed by atoms with van der Waals surface area (Å²) >= 11 is 0. The Morgan fingerprint density at radius 2 is 2.17 bits per heavy atom. The van der Waals surface area contributed by atoms with Gasteiger partial charge in [0.15, 0.2) is 0 Å². The van der Waals surface area contributed by atoms with E-state index in [1.165, 1.54) is 23.1 Å². The lowest BCUT2D eigenvalue weighted by atomic mass is 9.99. The number of rotatable bonds is 3. The second-order valence-electron chi connectivity index (χ2n) is 5.13. The van der Waals surface area contributed by atoms with E-state index in [1.807, 2.05) is 12.1 Å². The summed E-state index contributed by atoms with van der Waals surface area (Å²) in [6, 6.07) is 6.27. The molecule has 0 bridgehead atoms. The minimum Gasteiger partial charge on any atom is -0.496 e. The average Bonchev–Trinajstić information content (AvgIpc) is 2.54. The van der Waals surface area contributed by atoms with Gasteiger partial charge < -0.3 is 9.84 Å². The van der Waals surface area contributed by atoms with Gasteiger partial charge in [-0.2, -0.15) is 0 Å². The minimum atomic E-state index is -0.265. The van der Waals surface area contributed by atoms with Crippen molar-refractivity contribution in [1.82, 2.24) is 0 Å². The molecular weight excluding hydrogens is 224 g/mol. The van der Waals surface area contributed by atoms with Crippen LogP contribution in [0.3, 0.4) is 0 Å². The Morgan fingerprint density at radius 3 is 2.94 bits per heavy atom. The zero-order chi connectivity index (χ0) is 13.0. The lowest BCUT2D eigenvalue weighted by Crippen LogP contribution is -2.02. The van der Waals surface area contributed by atoms with Crippen molar-refractivity contribution in [3.05, 3.63) is 41.0 Å². The van der Waals surface area contributed by atoms with E-state index >= 15 is 0 Å². The van der Waals surface area contributed by atoms with E-state index < -0.39 is 0 Å². The van der Waals surface area contributed by atoms with Crippen molar-refractivity contribution >= 4 is 0 Å². The molecule has 0 radical (unpaired) electrons. The second kappa shape index (κ2) is 6.05. The van der Waals surface area contributed by atoms with Crippen molar-refractivity contribution in [3.63, 3.8) is 0 Å². The van der Waals surface area contributed by atoms with E-state index in [4.69, 9.17) is 4.74 Å². The predicted molar refractivity (Wildman–Crippen MR) is 74.0 cm³/mol. The third kappa shape index (κ3) is 3.36. The number of aliphatic hydroxyl groups excluding tert-OH is 1. The smallest absolute Gasteiger partial charge is 0.122 e. The van der Waals surface area contributed by atoms with Crippen LogP contribution in [0.1, 0.15) is 36.8 Å². The van der Waals surface area contributed by atoms with Gasteiger partial charge in [-0.3, -0.25) is 0 Å². The van der Waals surface area contributed by atoms with Crippen LogP contribution < -0.4 is 4.74 Å². The van der Waals surface area contributed by atoms with Gasteiger partial charge in [-0.05, 0) is 44.2 Å². The first-order chi connectivity index (χ1) is 8.69. The molecule has 0 spiro atoms. The summed E-state index contributed by atoms with van der Waals surface area (Å²) in [5.74, 6) is 0.945. The van der Waals surface area contributed by atoms with Gasteiger partial charge in [0, 0.05) is 0 Å². The highest BCUT2D eigenvalue weighted by molar-refractivity contribution is 5.39. The van der Waals surface area contributed by atoms with E-state index in [-0.39, 0.29) is 6.10 Å².